The van der Waals surface area contributed by atoms with Gasteiger partial charge in [0.15, 0.2) is 0 Å². The molecule has 20 heavy (non-hydrogen) atoms. The first-order chi connectivity index (χ1) is 9.19. The lowest BCUT2D eigenvalue weighted by molar-refractivity contribution is 0.0839. The first kappa shape index (κ1) is 17.5. The molecule has 0 bridgehead atoms. The highest BCUT2D eigenvalue weighted by molar-refractivity contribution is 7.98. The maximum Gasteiger partial charge on any atom is 0.275 e. The lowest BCUT2D eigenvalue weighted by Crippen LogP contribution is -2.39. The fourth-order valence-corrected chi connectivity index (χ4v) is 3.13. The van der Waals surface area contributed by atoms with E-state index in [-0.39, 0.29) is 5.09 Å². The number of thioether (sulfide) groups is 1. The minimum absolute atomic E-state index is 0.0739. The third-order valence-corrected chi connectivity index (χ3v) is 5.23. The quantitative estimate of drug-likeness (QED) is 0.734. The predicted molar refractivity (Wildman–Crippen MR) is 80.3 cm³/mol. The lowest BCUT2D eigenvalue weighted by Gasteiger charge is -2.22. The van der Waals surface area contributed by atoms with Crippen molar-refractivity contribution in [2.24, 2.45) is 0 Å². The normalized spacial score (nSPS) is 15.5. The van der Waals surface area contributed by atoms with Gasteiger partial charge in [-0.15, -0.1) is 0 Å². The summed E-state index contributed by atoms with van der Waals surface area (Å²) in [7, 11) is -0.624. The Kier molecular flexibility index (Phi) is 6.08. The molecule has 0 saturated carbocycles. The fourth-order valence-electron chi connectivity index (χ4n) is 1.59. The molecule has 0 amide bonds. The zero-order valence-corrected chi connectivity index (χ0v) is 13.8. The highest BCUT2D eigenvalue weighted by atomic mass is 32.2. The molecule has 0 spiro atoms. The van der Waals surface area contributed by atoms with Crippen molar-refractivity contribution < 1.29 is 17.9 Å². The standard InChI is InChI=1S/C12H22N2O4S2/c1-12(15,9-19-4)8-13-7-10-5-6-11(18-10)20(16,17)14(2)3/h5-6,13,15H,7-9H2,1-4H3. The van der Waals surface area contributed by atoms with Gasteiger partial charge >= 0.3 is 0 Å². The summed E-state index contributed by atoms with van der Waals surface area (Å²) in [4.78, 5) is 0. The van der Waals surface area contributed by atoms with Crippen LogP contribution in [0.15, 0.2) is 21.6 Å². The van der Waals surface area contributed by atoms with Crippen LogP contribution in [-0.4, -0.2) is 56.1 Å². The van der Waals surface area contributed by atoms with Gasteiger partial charge in [0, 0.05) is 26.4 Å². The second-order valence-electron chi connectivity index (χ2n) is 5.04. The van der Waals surface area contributed by atoms with Gasteiger partial charge in [0.25, 0.3) is 10.0 Å². The van der Waals surface area contributed by atoms with E-state index in [0.29, 0.717) is 24.6 Å². The molecule has 0 aliphatic heterocycles. The molecule has 0 aliphatic carbocycles. The summed E-state index contributed by atoms with van der Waals surface area (Å²) in [5.41, 5.74) is -0.801. The van der Waals surface area contributed by atoms with Crippen LogP contribution in [0.1, 0.15) is 12.7 Å². The Hall–Kier alpha value is -0.540. The molecule has 1 aromatic heterocycles. The Balaban J connectivity index is 2.58. The molecule has 0 aliphatic rings. The van der Waals surface area contributed by atoms with Gasteiger partial charge in [-0.05, 0) is 25.3 Å². The number of aliphatic hydroxyl groups is 1. The lowest BCUT2D eigenvalue weighted by atomic mass is 10.1. The van der Waals surface area contributed by atoms with Crippen molar-refractivity contribution in [2.45, 2.75) is 24.2 Å². The van der Waals surface area contributed by atoms with E-state index in [4.69, 9.17) is 4.42 Å². The molecule has 6 nitrogen and oxygen atoms in total. The first-order valence-electron chi connectivity index (χ1n) is 6.12. The molecule has 1 aromatic rings. The Labute approximate surface area is 124 Å². The zero-order chi connectivity index (χ0) is 15.4. The molecule has 0 aromatic carbocycles. The molecular weight excluding hydrogens is 300 g/mol. The van der Waals surface area contributed by atoms with Crippen LogP contribution >= 0.6 is 11.8 Å². The van der Waals surface area contributed by atoms with Crippen molar-refractivity contribution in [1.29, 1.82) is 0 Å². The van der Waals surface area contributed by atoms with Gasteiger partial charge in [0.05, 0.1) is 12.1 Å². The summed E-state index contributed by atoms with van der Waals surface area (Å²) >= 11 is 1.57. The topological polar surface area (TPSA) is 82.8 Å². The van der Waals surface area contributed by atoms with Gasteiger partial charge < -0.3 is 14.8 Å². The largest absolute Gasteiger partial charge is 0.447 e. The zero-order valence-electron chi connectivity index (χ0n) is 12.2. The molecule has 0 radical (unpaired) electrons. The average molecular weight is 322 g/mol. The molecule has 116 valence electrons. The molecule has 1 unspecified atom stereocenters. The van der Waals surface area contributed by atoms with Crippen molar-refractivity contribution in [3.05, 3.63) is 17.9 Å². The van der Waals surface area contributed by atoms with Gasteiger partial charge in [-0.3, -0.25) is 0 Å². The third-order valence-electron chi connectivity index (χ3n) is 2.63. The van der Waals surface area contributed by atoms with E-state index < -0.39 is 15.6 Å². The molecule has 1 atom stereocenters. The Morgan fingerprint density at radius 2 is 2.10 bits per heavy atom. The molecular formula is C12H22N2O4S2. The van der Waals surface area contributed by atoms with Gasteiger partial charge in [0.1, 0.15) is 5.76 Å². The van der Waals surface area contributed by atoms with E-state index >= 15 is 0 Å². The van der Waals surface area contributed by atoms with Crippen LogP contribution in [0.25, 0.3) is 0 Å². The van der Waals surface area contributed by atoms with Gasteiger partial charge in [-0.25, -0.2) is 12.7 Å². The Morgan fingerprint density at radius 3 is 2.65 bits per heavy atom. The molecule has 2 N–H and O–H groups in total. The molecule has 0 fully saturated rings. The minimum atomic E-state index is -3.53. The van der Waals surface area contributed by atoms with Gasteiger partial charge in [-0.2, -0.15) is 11.8 Å². The number of furan rings is 1. The highest BCUT2D eigenvalue weighted by Crippen LogP contribution is 2.17. The van der Waals surface area contributed by atoms with Crippen LogP contribution in [0.5, 0.6) is 0 Å². The van der Waals surface area contributed by atoms with E-state index in [1.165, 1.54) is 20.2 Å². The van der Waals surface area contributed by atoms with Crippen molar-refractivity contribution >= 4 is 21.8 Å². The van der Waals surface area contributed by atoms with Gasteiger partial charge in [-0.1, -0.05) is 0 Å². The van der Waals surface area contributed by atoms with Crippen LogP contribution in [0.3, 0.4) is 0 Å². The number of nitrogens with zero attached hydrogens (tertiary/aromatic N) is 1. The maximum absolute atomic E-state index is 11.8. The number of hydrogen-bond acceptors (Lipinski definition) is 6. The van der Waals surface area contributed by atoms with E-state index in [0.717, 1.165) is 4.31 Å². The fraction of sp³-hybridized carbons (Fsp3) is 0.667. The van der Waals surface area contributed by atoms with Crippen LogP contribution in [0.4, 0.5) is 0 Å². The maximum atomic E-state index is 11.8. The summed E-state index contributed by atoms with van der Waals surface area (Å²) < 4.78 is 30.1. The van der Waals surface area contributed by atoms with E-state index in [9.17, 15) is 13.5 Å². The van der Waals surface area contributed by atoms with E-state index in [2.05, 4.69) is 5.32 Å². The Bertz CT molecular complexity index is 523. The summed E-state index contributed by atoms with van der Waals surface area (Å²) in [6.07, 6.45) is 1.93. The monoisotopic (exact) mass is 322 g/mol. The smallest absolute Gasteiger partial charge is 0.275 e. The number of rotatable bonds is 8. The second-order valence-corrected chi connectivity index (χ2v) is 7.99. The number of nitrogens with one attached hydrogen (secondary N) is 1. The van der Waals surface area contributed by atoms with Crippen LogP contribution in [0.2, 0.25) is 0 Å². The number of sulfonamides is 1. The van der Waals surface area contributed by atoms with E-state index in [1.54, 1.807) is 24.8 Å². The highest BCUT2D eigenvalue weighted by Gasteiger charge is 2.22. The van der Waals surface area contributed by atoms with Crippen LogP contribution < -0.4 is 5.32 Å². The predicted octanol–water partition coefficient (Wildman–Crippen LogP) is 0.733. The van der Waals surface area contributed by atoms with Gasteiger partial charge in [0.2, 0.25) is 5.09 Å². The van der Waals surface area contributed by atoms with Crippen LogP contribution in [0, 0.1) is 0 Å². The van der Waals surface area contributed by atoms with Crippen molar-refractivity contribution in [2.75, 3.05) is 32.6 Å². The summed E-state index contributed by atoms with van der Waals surface area (Å²) in [6, 6.07) is 3.05. The average Bonchev–Trinajstić information content (AvgIpc) is 2.77. The summed E-state index contributed by atoms with van der Waals surface area (Å²) in [6.45, 7) is 2.53. The first-order valence-corrected chi connectivity index (χ1v) is 8.96. The third kappa shape index (κ3) is 4.78. The summed E-state index contributed by atoms with van der Waals surface area (Å²) in [5.74, 6) is 1.14. The molecule has 1 rings (SSSR count). The second kappa shape index (κ2) is 6.95. The molecule has 8 heteroatoms. The summed E-state index contributed by atoms with van der Waals surface area (Å²) in [5, 5.41) is 13.0. The van der Waals surface area contributed by atoms with Crippen LogP contribution in [-0.2, 0) is 16.6 Å². The van der Waals surface area contributed by atoms with E-state index in [1.807, 2.05) is 6.26 Å². The van der Waals surface area contributed by atoms with Crippen molar-refractivity contribution in [3.63, 3.8) is 0 Å². The molecule has 0 saturated heterocycles. The Morgan fingerprint density at radius 1 is 1.45 bits per heavy atom. The SMILES string of the molecule is CSCC(C)(O)CNCc1ccc(S(=O)(=O)N(C)C)o1. The molecule has 1 heterocycles. The van der Waals surface area contributed by atoms with Crippen molar-refractivity contribution in [3.8, 4) is 0 Å². The minimum Gasteiger partial charge on any atom is -0.447 e. The van der Waals surface area contributed by atoms with Crippen molar-refractivity contribution in [1.82, 2.24) is 9.62 Å². The number of hydrogen-bond donors (Lipinski definition) is 2.